The fourth-order valence-corrected chi connectivity index (χ4v) is 4.76. The first-order valence-electron chi connectivity index (χ1n) is 6.67. The van der Waals surface area contributed by atoms with E-state index in [1.807, 2.05) is 7.05 Å². The lowest BCUT2D eigenvalue weighted by Gasteiger charge is -2.49. The average Bonchev–Trinajstić information content (AvgIpc) is 2.24. The Morgan fingerprint density at radius 3 is 2.33 bits per heavy atom. The van der Waals surface area contributed by atoms with Crippen molar-refractivity contribution >= 4 is 9.84 Å². The van der Waals surface area contributed by atoms with Crippen molar-refractivity contribution in [2.45, 2.75) is 52.1 Å². The molecule has 0 bridgehead atoms. The number of hydrogen-bond acceptors (Lipinski definition) is 4. The molecule has 0 aliphatic carbocycles. The number of rotatable bonds is 3. The monoisotopic (exact) mass is 276 g/mol. The Morgan fingerprint density at radius 1 is 1.39 bits per heavy atom. The van der Waals surface area contributed by atoms with Crippen molar-refractivity contribution in [3.8, 4) is 0 Å². The highest BCUT2D eigenvalue weighted by Crippen LogP contribution is 2.33. The summed E-state index contributed by atoms with van der Waals surface area (Å²) in [4.78, 5) is 2.20. The van der Waals surface area contributed by atoms with Crippen LogP contribution in [0.2, 0.25) is 0 Å². The fraction of sp³-hybridized carbons (Fsp3) is 1.00. The van der Waals surface area contributed by atoms with Crippen molar-refractivity contribution < 1.29 is 8.42 Å². The van der Waals surface area contributed by atoms with Gasteiger partial charge in [0, 0.05) is 18.1 Å². The smallest absolute Gasteiger partial charge is 0.152 e. The Morgan fingerprint density at radius 2 is 1.94 bits per heavy atom. The largest absolute Gasteiger partial charge is 0.329 e. The molecule has 2 atom stereocenters. The highest BCUT2D eigenvalue weighted by molar-refractivity contribution is 7.91. The fourth-order valence-electron chi connectivity index (χ4n) is 2.75. The molecule has 0 aromatic rings. The Hall–Kier alpha value is -0.130. The molecule has 1 aliphatic rings. The minimum absolute atomic E-state index is 0.109. The van der Waals surface area contributed by atoms with Gasteiger partial charge in [-0.1, -0.05) is 20.8 Å². The first-order chi connectivity index (χ1) is 8.04. The normalized spacial score (nSPS) is 30.4. The van der Waals surface area contributed by atoms with Crippen molar-refractivity contribution in [3.05, 3.63) is 0 Å². The summed E-state index contributed by atoms with van der Waals surface area (Å²) in [6, 6.07) is 0.286. The second-order valence-electron chi connectivity index (χ2n) is 6.78. The molecule has 1 saturated heterocycles. The summed E-state index contributed by atoms with van der Waals surface area (Å²) in [6.45, 7) is 9.09. The molecule has 1 heterocycles. The van der Waals surface area contributed by atoms with E-state index >= 15 is 0 Å². The van der Waals surface area contributed by atoms with Crippen LogP contribution in [-0.2, 0) is 9.84 Å². The zero-order valence-electron chi connectivity index (χ0n) is 12.4. The zero-order valence-corrected chi connectivity index (χ0v) is 13.2. The van der Waals surface area contributed by atoms with Gasteiger partial charge in [0.05, 0.1) is 11.5 Å². The third kappa shape index (κ3) is 3.25. The second-order valence-corrected chi connectivity index (χ2v) is 8.96. The van der Waals surface area contributed by atoms with Crippen molar-refractivity contribution in [2.24, 2.45) is 11.1 Å². The van der Waals surface area contributed by atoms with Gasteiger partial charge in [-0.05, 0) is 32.2 Å². The lowest BCUT2D eigenvalue weighted by atomic mass is 9.83. The van der Waals surface area contributed by atoms with Gasteiger partial charge in [0.1, 0.15) is 0 Å². The van der Waals surface area contributed by atoms with Gasteiger partial charge in [-0.2, -0.15) is 0 Å². The molecule has 4 nitrogen and oxygen atoms in total. The van der Waals surface area contributed by atoms with Gasteiger partial charge in [-0.25, -0.2) is 8.42 Å². The van der Waals surface area contributed by atoms with E-state index < -0.39 is 9.84 Å². The van der Waals surface area contributed by atoms with Crippen LogP contribution in [0.4, 0.5) is 0 Å². The van der Waals surface area contributed by atoms with E-state index in [4.69, 9.17) is 5.73 Å². The van der Waals surface area contributed by atoms with E-state index in [1.165, 1.54) is 0 Å². The Bertz CT molecular complexity index is 386. The van der Waals surface area contributed by atoms with Gasteiger partial charge >= 0.3 is 0 Å². The number of nitrogens with two attached hydrogens (primary N) is 1. The summed E-state index contributed by atoms with van der Waals surface area (Å²) < 4.78 is 23.8. The molecule has 0 amide bonds. The summed E-state index contributed by atoms with van der Waals surface area (Å²) in [5.41, 5.74) is 5.66. The Labute approximate surface area is 112 Å². The van der Waals surface area contributed by atoms with E-state index in [2.05, 4.69) is 32.6 Å². The summed E-state index contributed by atoms with van der Waals surface area (Å²) >= 11 is 0. The van der Waals surface area contributed by atoms with Gasteiger partial charge in [-0.15, -0.1) is 0 Å². The van der Waals surface area contributed by atoms with Crippen molar-refractivity contribution in [2.75, 3.05) is 25.1 Å². The van der Waals surface area contributed by atoms with E-state index in [9.17, 15) is 8.42 Å². The minimum Gasteiger partial charge on any atom is -0.329 e. The van der Waals surface area contributed by atoms with Crippen molar-refractivity contribution in [1.82, 2.24) is 4.90 Å². The van der Waals surface area contributed by atoms with Crippen LogP contribution >= 0.6 is 0 Å². The van der Waals surface area contributed by atoms with Crippen molar-refractivity contribution in [1.29, 1.82) is 0 Å². The molecule has 0 aromatic heterocycles. The van der Waals surface area contributed by atoms with Crippen LogP contribution in [0.15, 0.2) is 0 Å². The molecule has 0 radical (unpaired) electrons. The van der Waals surface area contributed by atoms with Crippen LogP contribution in [-0.4, -0.2) is 50.0 Å². The SMILES string of the molecule is CC(N(C)C1(CN)CCCS(=O)(=O)C1)C(C)(C)C. The second kappa shape index (κ2) is 5.10. The molecule has 2 unspecified atom stereocenters. The number of nitrogens with zero attached hydrogens (tertiary/aromatic N) is 1. The molecule has 2 N–H and O–H groups in total. The predicted octanol–water partition coefficient (Wildman–Crippen LogP) is 1.26. The molecule has 1 fully saturated rings. The third-order valence-corrected chi connectivity index (χ3v) is 6.44. The lowest BCUT2D eigenvalue weighted by Crippen LogP contribution is -2.63. The van der Waals surface area contributed by atoms with Gasteiger partial charge in [0.2, 0.25) is 0 Å². The van der Waals surface area contributed by atoms with Crippen LogP contribution < -0.4 is 5.73 Å². The summed E-state index contributed by atoms with van der Waals surface area (Å²) in [5, 5.41) is 0. The van der Waals surface area contributed by atoms with E-state index in [-0.39, 0.29) is 22.7 Å². The number of likely N-dealkylation sites (N-methyl/N-ethyl adjacent to an activating group) is 1. The lowest BCUT2D eigenvalue weighted by molar-refractivity contribution is 0.0366. The van der Waals surface area contributed by atoms with Crippen LogP contribution in [0, 0.1) is 5.41 Å². The van der Waals surface area contributed by atoms with Crippen LogP contribution in [0.5, 0.6) is 0 Å². The van der Waals surface area contributed by atoms with Crippen molar-refractivity contribution in [3.63, 3.8) is 0 Å². The molecule has 5 heteroatoms. The molecule has 0 aromatic carbocycles. The number of sulfone groups is 1. The van der Waals surface area contributed by atoms with Gasteiger partial charge in [-0.3, -0.25) is 4.90 Å². The van der Waals surface area contributed by atoms with Crippen LogP contribution in [0.25, 0.3) is 0 Å². The molecular weight excluding hydrogens is 248 g/mol. The number of hydrogen-bond donors (Lipinski definition) is 1. The molecule has 1 rings (SSSR count). The summed E-state index contributed by atoms with van der Waals surface area (Å²) in [6.07, 6.45) is 1.60. The summed E-state index contributed by atoms with van der Waals surface area (Å²) in [7, 11) is -0.931. The van der Waals surface area contributed by atoms with E-state index in [0.717, 1.165) is 12.8 Å². The Kier molecular flexibility index (Phi) is 4.51. The van der Waals surface area contributed by atoms with E-state index in [1.54, 1.807) is 0 Å². The van der Waals surface area contributed by atoms with Crippen LogP contribution in [0.1, 0.15) is 40.5 Å². The maximum absolute atomic E-state index is 11.9. The third-order valence-electron chi connectivity index (χ3n) is 4.55. The first-order valence-corrected chi connectivity index (χ1v) is 8.50. The molecular formula is C13H28N2O2S. The topological polar surface area (TPSA) is 63.4 Å². The van der Waals surface area contributed by atoms with Gasteiger partial charge < -0.3 is 5.73 Å². The highest BCUT2D eigenvalue weighted by Gasteiger charge is 2.44. The summed E-state index contributed by atoms with van der Waals surface area (Å²) in [5.74, 6) is 0.514. The molecule has 108 valence electrons. The average molecular weight is 276 g/mol. The molecule has 18 heavy (non-hydrogen) atoms. The Balaban J connectivity index is 3.01. The predicted molar refractivity (Wildman–Crippen MR) is 76.4 cm³/mol. The molecule has 0 spiro atoms. The van der Waals surface area contributed by atoms with Crippen LogP contribution in [0.3, 0.4) is 0 Å². The van der Waals surface area contributed by atoms with E-state index in [0.29, 0.717) is 12.3 Å². The van der Waals surface area contributed by atoms with Gasteiger partial charge in [0.15, 0.2) is 9.84 Å². The maximum atomic E-state index is 11.9. The molecule has 1 aliphatic heterocycles. The molecule has 0 saturated carbocycles. The van der Waals surface area contributed by atoms with Gasteiger partial charge in [0.25, 0.3) is 0 Å². The first kappa shape index (κ1) is 15.9. The minimum atomic E-state index is -2.95. The quantitative estimate of drug-likeness (QED) is 0.843. The highest BCUT2D eigenvalue weighted by atomic mass is 32.2. The standard InChI is InChI=1S/C13H28N2O2S/c1-11(12(2,3)4)15(5)13(9-14)7-6-8-18(16,17)10-13/h11H,6-10,14H2,1-5H3. The maximum Gasteiger partial charge on any atom is 0.152 e. The zero-order chi connectivity index (χ0) is 14.2.